The van der Waals surface area contributed by atoms with Gasteiger partial charge in [-0.05, 0) is 43.6 Å². The van der Waals surface area contributed by atoms with Crippen LogP contribution in [0, 0.1) is 5.92 Å². The van der Waals surface area contributed by atoms with Crippen molar-refractivity contribution in [3.63, 3.8) is 0 Å². The van der Waals surface area contributed by atoms with Gasteiger partial charge in [-0.15, -0.1) is 0 Å². The molecule has 20 heavy (non-hydrogen) atoms. The van der Waals surface area contributed by atoms with Gasteiger partial charge >= 0.3 is 6.18 Å². The number of benzene rings is 1. The quantitative estimate of drug-likeness (QED) is 0.899. The molecule has 0 aromatic heterocycles. The van der Waals surface area contributed by atoms with Gasteiger partial charge in [0.2, 0.25) is 0 Å². The van der Waals surface area contributed by atoms with Gasteiger partial charge in [0.05, 0.1) is 5.92 Å². The molecule has 1 aliphatic rings. The molecule has 1 saturated heterocycles. The van der Waals surface area contributed by atoms with E-state index in [9.17, 15) is 13.2 Å². The van der Waals surface area contributed by atoms with E-state index in [2.05, 4.69) is 20.8 Å². The van der Waals surface area contributed by atoms with Crippen molar-refractivity contribution in [2.45, 2.75) is 25.1 Å². The summed E-state index contributed by atoms with van der Waals surface area (Å²) < 4.78 is 39.0. The van der Waals surface area contributed by atoms with Crippen LogP contribution in [0.5, 0.6) is 0 Å². The average Bonchev–Trinajstić information content (AvgIpc) is 2.41. The Kier molecular flexibility index (Phi) is 5.09. The SMILES string of the molecule is NCC(c1ccc(Br)cc1)N1CCC(C(F)(F)F)CC1. The molecule has 1 aromatic rings. The van der Waals surface area contributed by atoms with Crippen molar-refractivity contribution in [3.8, 4) is 0 Å². The predicted molar refractivity (Wildman–Crippen MR) is 76.3 cm³/mol. The van der Waals surface area contributed by atoms with Crippen molar-refractivity contribution in [1.29, 1.82) is 0 Å². The van der Waals surface area contributed by atoms with Gasteiger partial charge in [-0.25, -0.2) is 0 Å². The Balaban J connectivity index is 2.02. The molecule has 1 aromatic carbocycles. The number of halogens is 4. The Morgan fingerprint density at radius 3 is 2.20 bits per heavy atom. The van der Waals surface area contributed by atoms with Crippen LogP contribution in [0.2, 0.25) is 0 Å². The van der Waals surface area contributed by atoms with Crippen molar-refractivity contribution in [1.82, 2.24) is 4.90 Å². The smallest absolute Gasteiger partial charge is 0.329 e. The van der Waals surface area contributed by atoms with Crippen molar-refractivity contribution in [2.24, 2.45) is 11.7 Å². The van der Waals surface area contributed by atoms with Gasteiger partial charge in [-0.1, -0.05) is 28.1 Å². The second-order valence-corrected chi connectivity index (χ2v) is 6.07. The third-order valence-electron chi connectivity index (χ3n) is 3.91. The highest BCUT2D eigenvalue weighted by Gasteiger charge is 2.41. The Labute approximate surface area is 125 Å². The Morgan fingerprint density at radius 2 is 1.75 bits per heavy atom. The fraction of sp³-hybridized carbons (Fsp3) is 0.571. The van der Waals surface area contributed by atoms with Gasteiger partial charge in [-0.2, -0.15) is 13.2 Å². The summed E-state index contributed by atoms with van der Waals surface area (Å²) >= 11 is 3.37. The van der Waals surface area contributed by atoms with Crippen LogP contribution >= 0.6 is 15.9 Å². The molecule has 0 amide bonds. The molecular formula is C14H18BrF3N2. The van der Waals surface area contributed by atoms with Crippen LogP contribution < -0.4 is 5.73 Å². The number of piperidine rings is 1. The minimum atomic E-state index is -4.07. The third-order valence-corrected chi connectivity index (χ3v) is 4.44. The predicted octanol–water partition coefficient (Wildman–Crippen LogP) is 3.72. The van der Waals surface area contributed by atoms with E-state index in [1.807, 2.05) is 24.3 Å². The lowest BCUT2D eigenvalue weighted by Gasteiger charge is -2.37. The lowest BCUT2D eigenvalue weighted by molar-refractivity contribution is -0.186. The second-order valence-electron chi connectivity index (χ2n) is 5.15. The Bertz CT molecular complexity index is 425. The number of nitrogens with zero attached hydrogens (tertiary/aromatic N) is 1. The van der Waals surface area contributed by atoms with Crippen LogP contribution in [0.3, 0.4) is 0 Å². The lowest BCUT2D eigenvalue weighted by Crippen LogP contribution is -2.42. The molecule has 2 rings (SSSR count). The zero-order valence-corrected chi connectivity index (χ0v) is 12.6. The summed E-state index contributed by atoms with van der Waals surface area (Å²) in [5.74, 6) is -1.16. The third kappa shape index (κ3) is 3.74. The highest BCUT2D eigenvalue weighted by Crippen LogP contribution is 2.36. The molecule has 6 heteroatoms. The summed E-state index contributed by atoms with van der Waals surface area (Å²) in [5, 5.41) is 0. The maximum Gasteiger partial charge on any atom is 0.391 e. The van der Waals surface area contributed by atoms with Crippen LogP contribution in [-0.4, -0.2) is 30.7 Å². The zero-order chi connectivity index (χ0) is 14.8. The highest BCUT2D eigenvalue weighted by molar-refractivity contribution is 9.10. The summed E-state index contributed by atoms with van der Waals surface area (Å²) in [6.45, 7) is 1.31. The number of hydrogen-bond donors (Lipinski definition) is 1. The summed E-state index contributed by atoms with van der Waals surface area (Å²) in [6.07, 6.45) is -3.74. The number of rotatable bonds is 3. The summed E-state index contributed by atoms with van der Waals surface area (Å²) in [6, 6.07) is 7.80. The first-order valence-corrected chi connectivity index (χ1v) is 7.47. The van der Waals surface area contributed by atoms with E-state index in [0.29, 0.717) is 19.6 Å². The van der Waals surface area contributed by atoms with Crippen molar-refractivity contribution in [2.75, 3.05) is 19.6 Å². The van der Waals surface area contributed by atoms with Gasteiger partial charge in [0, 0.05) is 17.1 Å². The van der Waals surface area contributed by atoms with Gasteiger partial charge in [0.15, 0.2) is 0 Å². The number of alkyl halides is 3. The first-order chi connectivity index (χ1) is 9.41. The first kappa shape index (κ1) is 15.8. The molecule has 1 heterocycles. The number of likely N-dealkylation sites (tertiary alicyclic amines) is 1. The minimum absolute atomic E-state index is 0.00252. The molecule has 0 bridgehead atoms. The maximum atomic E-state index is 12.7. The largest absolute Gasteiger partial charge is 0.391 e. The van der Waals surface area contributed by atoms with Gasteiger partial charge < -0.3 is 5.73 Å². The van der Waals surface area contributed by atoms with Crippen LogP contribution in [0.1, 0.15) is 24.4 Å². The van der Waals surface area contributed by atoms with Crippen molar-refractivity contribution >= 4 is 15.9 Å². The van der Waals surface area contributed by atoms with Gasteiger partial charge in [-0.3, -0.25) is 4.90 Å². The number of hydrogen-bond acceptors (Lipinski definition) is 2. The van der Waals surface area contributed by atoms with Gasteiger partial charge in [0.1, 0.15) is 0 Å². The summed E-state index contributed by atoms with van der Waals surface area (Å²) in [5.41, 5.74) is 6.88. The van der Waals surface area contributed by atoms with E-state index < -0.39 is 12.1 Å². The lowest BCUT2D eigenvalue weighted by atomic mass is 9.94. The fourth-order valence-corrected chi connectivity index (χ4v) is 2.98. The van der Waals surface area contributed by atoms with Crippen LogP contribution in [0.25, 0.3) is 0 Å². The molecule has 0 aliphatic carbocycles. The molecule has 1 fully saturated rings. The van der Waals surface area contributed by atoms with E-state index >= 15 is 0 Å². The molecule has 2 N–H and O–H groups in total. The standard InChI is InChI=1S/C14H18BrF3N2/c15-12-3-1-10(2-4-12)13(9-19)20-7-5-11(6-8-20)14(16,17)18/h1-4,11,13H,5-9,19H2. The van der Waals surface area contributed by atoms with E-state index in [0.717, 1.165) is 10.0 Å². The average molecular weight is 351 g/mol. The fourth-order valence-electron chi connectivity index (χ4n) is 2.72. The molecular weight excluding hydrogens is 333 g/mol. The maximum absolute atomic E-state index is 12.7. The van der Waals surface area contributed by atoms with Gasteiger partial charge in [0.25, 0.3) is 0 Å². The van der Waals surface area contributed by atoms with E-state index in [-0.39, 0.29) is 18.9 Å². The van der Waals surface area contributed by atoms with Crippen LogP contribution in [0.4, 0.5) is 13.2 Å². The van der Waals surface area contributed by atoms with E-state index in [4.69, 9.17) is 5.73 Å². The van der Waals surface area contributed by atoms with Crippen LogP contribution in [0.15, 0.2) is 28.7 Å². The molecule has 112 valence electrons. The molecule has 1 aliphatic heterocycles. The highest BCUT2D eigenvalue weighted by atomic mass is 79.9. The molecule has 1 unspecified atom stereocenters. The summed E-state index contributed by atoms with van der Waals surface area (Å²) in [7, 11) is 0. The second kappa shape index (κ2) is 6.45. The molecule has 2 nitrogen and oxygen atoms in total. The molecule has 0 spiro atoms. The molecule has 1 atom stereocenters. The Hall–Kier alpha value is -0.590. The topological polar surface area (TPSA) is 29.3 Å². The Morgan fingerprint density at radius 1 is 1.20 bits per heavy atom. The monoisotopic (exact) mass is 350 g/mol. The minimum Gasteiger partial charge on any atom is -0.329 e. The number of nitrogens with two attached hydrogens (primary N) is 1. The van der Waals surface area contributed by atoms with Crippen LogP contribution in [-0.2, 0) is 0 Å². The van der Waals surface area contributed by atoms with E-state index in [1.165, 1.54) is 0 Å². The van der Waals surface area contributed by atoms with Crippen molar-refractivity contribution in [3.05, 3.63) is 34.3 Å². The van der Waals surface area contributed by atoms with Crippen molar-refractivity contribution < 1.29 is 13.2 Å². The summed E-state index contributed by atoms with van der Waals surface area (Å²) in [4.78, 5) is 2.06. The normalized spacial score (nSPS) is 20.1. The first-order valence-electron chi connectivity index (χ1n) is 6.68. The molecule has 0 saturated carbocycles. The molecule has 0 radical (unpaired) electrons. The zero-order valence-electron chi connectivity index (χ0n) is 11.0. The van der Waals surface area contributed by atoms with E-state index in [1.54, 1.807) is 0 Å².